The summed E-state index contributed by atoms with van der Waals surface area (Å²) in [7, 11) is 1.58. The fourth-order valence-electron chi connectivity index (χ4n) is 3.21. The molecule has 3 rings (SSSR count). The van der Waals surface area contributed by atoms with Gasteiger partial charge in [-0.3, -0.25) is 4.79 Å². The van der Waals surface area contributed by atoms with Crippen molar-refractivity contribution < 1.29 is 14.3 Å². The third kappa shape index (κ3) is 3.08. The van der Waals surface area contributed by atoms with Crippen molar-refractivity contribution in [3.05, 3.63) is 28.8 Å². The van der Waals surface area contributed by atoms with E-state index in [9.17, 15) is 4.79 Å². The summed E-state index contributed by atoms with van der Waals surface area (Å²) < 4.78 is 11.3. The monoisotopic (exact) mass is 326 g/mol. The van der Waals surface area contributed by atoms with Gasteiger partial charge in [0.25, 0.3) is 0 Å². The molecule has 1 aromatic rings. The standard InChI is InChI=1S/C16H19ClO3S/c1-19-14-3-2-12(17)8-13(14)15(18)11-4-6-20-16(9-11)5-7-21-10-16/h2-3,8,11H,4-7,9-10H2,1H3. The van der Waals surface area contributed by atoms with Gasteiger partial charge in [0.2, 0.25) is 0 Å². The quantitative estimate of drug-likeness (QED) is 0.791. The topological polar surface area (TPSA) is 35.5 Å². The summed E-state index contributed by atoms with van der Waals surface area (Å²) in [4.78, 5) is 12.9. The molecule has 2 fully saturated rings. The number of hydrogen-bond donors (Lipinski definition) is 0. The predicted octanol–water partition coefficient (Wildman–Crippen LogP) is 3.83. The summed E-state index contributed by atoms with van der Waals surface area (Å²) in [5.41, 5.74) is 0.507. The van der Waals surface area contributed by atoms with E-state index in [0.29, 0.717) is 22.9 Å². The molecule has 0 bridgehead atoms. The van der Waals surface area contributed by atoms with Gasteiger partial charge in [-0.05, 0) is 43.2 Å². The van der Waals surface area contributed by atoms with E-state index >= 15 is 0 Å². The highest BCUT2D eigenvalue weighted by molar-refractivity contribution is 7.99. The highest BCUT2D eigenvalue weighted by Crippen LogP contribution is 2.42. The second kappa shape index (κ2) is 6.19. The Morgan fingerprint density at radius 2 is 2.38 bits per heavy atom. The molecule has 21 heavy (non-hydrogen) atoms. The fourth-order valence-corrected chi connectivity index (χ4v) is 4.76. The first-order chi connectivity index (χ1) is 10.1. The van der Waals surface area contributed by atoms with Crippen LogP contribution < -0.4 is 4.74 Å². The van der Waals surface area contributed by atoms with E-state index in [1.54, 1.807) is 25.3 Å². The minimum atomic E-state index is -0.0882. The van der Waals surface area contributed by atoms with Crippen LogP contribution in [-0.2, 0) is 4.74 Å². The molecule has 2 aliphatic heterocycles. The average molecular weight is 327 g/mol. The molecule has 5 heteroatoms. The van der Waals surface area contributed by atoms with Gasteiger partial charge >= 0.3 is 0 Å². The van der Waals surface area contributed by atoms with Crippen molar-refractivity contribution in [3.63, 3.8) is 0 Å². The minimum Gasteiger partial charge on any atom is -0.496 e. The van der Waals surface area contributed by atoms with Crippen LogP contribution in [-0.4, -0.2) is 36.6 Å². The first-order valence-electron chi connectivity index (χ1n) is 7.23. The average Bonchev–Trinajstić information content (AvgIpc) is 2.94. The van der Waals surface area contributed by atoms with Crippen molar-refractivity contribution in [2.75, 3.05) is 25.2 Å². The molecule has 114 valence electrons. The lowest BCUT2D eigenvalue weighted by Gasteiger charge is -2.37. The van der Waals surface area contributed by atoms with Crippen LogP contribution in [0.15, 0.2) is 18.2 Å². The highest BCUT2D eigenvalue weighted by atomic mass is 35.5. The smallest absolute Gasteiger partial charge is 0.169 e. The maximum atomic E-state index is 12.9. The van der Waals surface area contributed by atoms with Crippen LogP contribution >= 0.6 is 23.4 Å². The van der Waals surface area contributed by atoms with Gasteiger partial charge in [0, 0.05) is 23.3 Å². The zero-order valence-corrected chi connectivity index (χ0v) is 13.6. The van der Waals surface area contributed by atoms with Crippen molar-refractivity contribution >= 4 is 29.1 Å². The molecular formula is C16H19ClO3S. The summed E-state index contributed by atoms with van der Waals surface area (Å²) in [6.45, 7) is 0.667. The molecule has 2 heterocycles. The number of halogens is 1. The van der Waals surface area contributed by atoms with Crippen molar-refractivity contribution in [3.8, 4) is 5.75 Å². The third-order valence-corrected chi connectivity index (χ3v) is 5.82. The molecule has 0 radical (unpaired) electrons. The fraction of sp³-hybridized carbons (Fsp3) is 0.562. The molecule has 0 aliphatic carbocycles. The third-order valence-electron chi connectivity index (χ3n) is 4.36. The summed E-state index contributed by atoms with van der Waals surface area (Å²) >= 11 is 7.96. The molecule has 0 amide bonds. The van der Waals surface area contributed by atoms with Gasteiger partial charge in [0.05, 0.1) is 18.3 Å². The van der Waals surface area contributed by atoms with Crippen LogP contribution in [0.1, 0.15) is 29.6 Å². The van der Waals surface area contributed by atoms with Crippen molar-refractivity contribution in [1.29, 1.82) is 0 Å². The lowest BCUT2D eigenvalue weighted by Crippen LogP contribution is -2.42. The van der Waals surface area contributed by atoms with E-state index in [0.717, 1.165) is 30.8 Å². The van der Waals surface area contributed by atoms with Gasteiger partial charge in [-0.2, -0.15) is 11.8 Å². The van der Waals surface area contributed by atoms with Gasteiger partial charge in [0.1, 0.15) is 5.75 Å². The number of Topliss-reactive ketones (excluding diaryl/α,β-unsaturated/α-hetero) is 1. The second-order valence-corrected chi connectivity index (χ2v) is 7.27. The Kier molecular flexibility index (Phi) is 4.48. The van der Waals surface area contributed by atoms with Crippen LogP contribution in [0, 0.1) is 5.92 Å². The van der Waals surface area contributed by atoms with Gasteiger partial charge in [-0.1, -0.05) is 11.6 Å². The van der Waals surface area contributed by atoms with E-state index < -0.39 is 0 Å². The van der Waals surface area contributed by atoms with Gasteiger partial charge in [-0.25, -0.2) is 0 Å². The molecule has 2 unspecified atom stereocenters. The number of rotatable bonds is 3. The molecule has 1 spiro atoms. The number of ether oxygens (including phenoxy) is 2. The number of benzene rings is 1. The Hall–Kier alpha value is -0.710. The molecule has 1 aromatic carbocycles. The van der Waals surface area contributed by atoms with Crippen molar-refractivity contribution in [1.82, 2.24) is 0 Å². The van der Waals surface area contributed by atoms with Gasteiger partial charge in [-0.15, -0.1) is 0 Å². The number of hydrogen-bond acceptors (Lipinski definition) is 4. The van der Waals surface area contributed by atoms with Crippen molar-refractivity contribution in [2.45, 2.75) is 24.9 Å². The molecule has 0 N–H and O–H groups in total. The molecule has 2 saturated heterocycles. The molecule has 2 atom stereocenters. The lowest BCUT2D eigenvalue weighted by atomic mass is 9.81. The van der Waals surface area contributed by atoms with E-state index in [2.05, 4.69) is 0 Å². The van der Waals surface area contributed by atoms with Crippen LogP contribution in [0.2, 0.25) is 5.02 Å². The van der Waals surface area contributed by atoms with Crippen LogP contribution in [0.25, 0.3) is 0 Å². The van der Waals surface area contributed by atoms with E-state index in [4.69, 9.17) is 21.1 Å². The second-order valence-electron chi connectivity index (χ2n) is 5.73. The first kappa shape index (κ1) is 15.2. The van der Waals surface area contributed by atoms with Crippen molar-refractivity contribution in [2.24, 2.45) is 5.92 Å². The van der Waals surface area contributed by atoms with Crippen LogP contribution in [0.4, 0.5) is 0 Å². The minimum absolute atomic E-state index is 0.00446. The highest BCUT2D eigenvalue weighted by Gasteiger charge is 2.42. The number of ketones is 1. The number of carbonyl (C=O) groups excluding carboxylic acids is 1. The summed E-state index contributed by atoms with van der Waals surface area (Å²) in [6.07, 6.45) is 2.64. The Balaban J connectivity index is 1.83. The van der Waals surface area contributed by atoms with E-state index in [-0.39, 0.29) is 17.3 Å². The Bertz CT molecular complexity index is 540. The zero-order valence-electron chi connectivity index (χ0n) is 12.1. The summed E-state index contributed by atoms with van der Waals surface area (Å²) in [6, 6.07) is 5.22. The van der Waals surface area contributed by atoms with Crippen LogP contribution in [0.3, 0.4) is 0 Å². The molecule has 3 nitrogen and oxygen atoms in total. The Labute approximate surface area is 134 Å². The van der Waals surface area contributed by atoms with E-state index in [1.165, 1.54) is 0 Å². The zero-order chi connectivity index (χ0) is 14.9. The largest absolute Gasteiger partial charge is 0.496 e. The molecular weight excluding hydrogens is 308 g/mol. The van der Waals surface area contributed by atoms with Crippen LogP contribution in [0.5, 0.6) is 5.75 Å². The van der Waals surface area contributed by atoms with Gasteiger partial charge in [0.15, 0.2) is 5.78 Å². The number of carbonyl (C=O) groups is 1. The molecule has 0 saturated carbocycles. The lowest BCUT2D eigenvalue weighted by molar-refractivity contribution is -0.0734. The number of thioether (sulfide) groups is 1. The predicted molar refractivity (Wildman–Crippen MR) is 85.7 cm³/mol. The summed E-state index contributed by atoms with van der Waals surface area (Å²) in [5.74, 6) is 2.87. The van der Waals surface area contributed by atoms with E-state index in [1.807, 2.05) is 11.8 Å². The normalized spacial score (nSPS) is 28.8. The molecule has 2 aliphatic rings. The number of methoxy groups -OCH3 is 1. The molecule has 0 aromatic heterocycles. The van der Waals surface area contributed by atoms with Gasteiger partial charge < -0.3 is 9.47 Å². The Morgan fingerprint density at radius 1 is 1.52 bits per heavy atom. The maximum absolute atomic E-state index is 12.9. The Morgan fingerprint density at radius 3 is 3.10 bits per heavy atom. The first-order valence-corrected chi connectivity index (χ1v) is 8.76. The summed E-state index contributed by atoms with van der Waals surface area (Å²) in [5, 5.41) is 0.567. The maximum Gasteiger partial charge on any atom is 0.169 e. The SMILES string of the molecule is COc1ccc(Cl)cc1C(=O)C1CCOC2(CCSC2)C1.